The molecule has 1 aliphatic rings. The molecule has 2 amide bonds. The van der Waals surface area contributed by atoms with Crippen LogP contribution in [0.15, 0.2) is 84.9 Å². The molecule has 220 valence electrons. The lowest BCUT2D eigenvalue weighted by atomic mass is 9.70. The van der Waals surface area contributed by atoms with E-state index in [-0.39, 0.29) is 17.8 Å². The number of imide groups is 1. The van der Waals surface area contributed by atoms with Crippen molar-refractivity contribution in [1.29, 1.82) is 0 Å². The van der Waals surface area contributed by atoms with Gasteiger partial charge in [-0.3, -0.25) is 19.2 Å². The van der Waals surface area contributed by atoms with Gasteiger partial charge in [-0.05, 0) is 79.6 Å². The number of benzene rings is 4. The maximum atomic E-state index is 14.0. The van der Waals surface area contributed by atoms with E-state index in [2.05, 4.69) is 4.98 Å². The van der Waals surface area contributed by atoms with Gasteiger partial charge in [-0.25, -0.2) is 4.90 Å². The van der Waals surface area contributed by atoms with Crippen LogP contribution in [-0.4, -0.2) is 40.8 Å². The first-order valence-corrected chi connectivity index (χ1v) is 14.3. The van der Waals surface area contributed by atoms with Gasteiger partial charge in [0, 0.05) is 32.7 Å². The van der Waals surface area contributed by atoms with E-state index in [1.807, 2.05) is 0 Å². The molecule has 0 radical (unpaired) electrons. The second-order valence-electron chi connectivity index (χ2n) is 10.6. The van der Waals surface area contributed by atoms with Gasteiger partial charge >= 0.3 is 5.97 Å². The number of amides is 2. The van der Waals surface area contributed by atoms with Crippen LogP contribution in [0.2, 0.25) is 5.02 Å². The molecule has 1 aliphatic heterocycles. The minimum atomic E-state index is -1.61. The third-order valence-electron chi connectivity index (χ3n) is 8.40. The molecule has 0 bridgehead atoms. The van der Waals surface area contributed by atoms with Gasteiger partial charge in [0.1, 0.15) is 11.2 Å². The fourth-order valence-corrected chi connectivity index (χ4v) is 6.43. The number of carbonyl (C=O) groups excluding carboxylic acids is 3. The highest BCUT2D eigenvalue weighted by Crippen LogP contribution is 2.45. The maximum Gasteiger partial charge on any atom is 0.318 e. The number of anilines is 1. The molecule has 0 spiro atoms. The second kappa shape index (κ2) is 10.8. The number of fused-ring (bicyclic) bond motifs is 2. The molecule has 9 heteroatoms. The molecule has 1 aromatic heterocycles. The lowest BCUT2D eigenvalue weighted by Gasteiger charge is -2.31. The second-order valence-corrected chi connectivity index (χ2v) is 11.1. The number of halogens is 1. The maximum absolute atomic E-state index is 14.0. The summed E-state index contributed by atoms with van der Waals surface area (Å²) in [5, 5.41) is 11.9. The van der Waals surface area contributed by atoms with Crippen LogP contribution in [0.3, 0.4) is 0 Å². The number of aliphatic carboxylic acids is 1. The molecule has 0 fully saturated rings. The summed E-state index contributed by atoms with van der Waals surface area (Å²) >= 11 is 6.07. The Bertz CT molecular complexity index is 1960. The van der Waals surface area contributed by atoms with Crippen molar-refractivity contribution in [3.05, 3.63) is 129 Å². The Hall–Kier alpha value is -5.21. The van der Waals surface area contributed by atoms with E-state index in [0.717, 1.165) is 4.90 Å². The molecule has 2 heterocycles. The highest BCUT2D eigenvalue weighted by atomic mass is 35.5. The monoisotopic (exact) mass is 606 g/mol. The smallest absolute Gasteiger partial charge is 0.318 e. The van der Waals surface area contributed by atoms with E-state index < -0.39 is 23.2 Å². The van der Waals surface area contributed by atoms with Gasteiger partial charge in [0.15, 0.2) is 5.78 Å². The van der Waals surface area contributed by atoms with E-state index >= 15 is 0 Å². The van der Waals surface area contributed by atoms with Gasteiger partial charge in [0.25, 0.3) is 11.8 Å². The van der Waals surface area contributed by atoms with Crippen molar-refractivity contribution in [3.63, 3.8) is 0 Å². The lowest BCUT2D eigenvalue weighted by molar-refractivity contribution is -0.142. The Morgan fingerprint density at radius 1 is 0.909 bits per heavy atom. The summed E-state index contributed by atoms with van der Waals surface area (Å²) < 4.78 is 5.64. The van der Waals surface area contributed by atoms with Gasteiger partial charge in [-0.1, -0.05) is 42.8 Å². The molecule has 5 aromatic rings. The first kappa shape index (κ1) is 28.9. The van der Waals surface area contributed by atoms with Crippen LogP contribution >= 0.6 is 11.6 Å². The number of aryl methyl sites for hydroxylation is 1. The number of ether oxygens (including phenoxy) is 1. The molecule has 0 saturated heterocycles. The lowest BCUT2D eigenvalue weighted by Crippen LogP contribution is -2.37. The topological polar surface area (TPSA) is 117 Å². The van der Waals surface area contributed by atoms with E-state index in [9.17, 15) is 24.3 Å². The Kier molecular flexibility index (Phi) is 7.10. The Morgan fingerprint density at radius 2 is 1.52 bits per heavy atom. The third-order valence-corrected chi connectivity index (χ3v) is 8.65. The van der Waals surface area contributed by atoms with Crippen molar-refractivity contribution in [2.45, 2.75) is 25.7 Å². The van der Waals surface area contributed by atoms with Gasteiger partial charge < -0.3 is 14.8 Å². The molecule has 2 N–H and O–H groups in total. The van der Waals surface area contributed by atoms with Crippen LogP contribution in [-0.2, 0) is 10.2 Å². The largest absolute Gasteiger partial charge is 0.496 e. The predicted molar refractivity (Wildman–Crippen MR) is 167 cm³/mol. The first-order chi connectivity index (χ1) is 21.1. The first-order valence-electron chi connectivity index (χ1n) is 14.0. The van der Waals surface area contributed by atoms with Crippen LogP contribution in [0, 0.1) is 6.92 Å². The van der Waals surface area contributed by atoms with Gasteiger partial charge in [0.2, 0.25) is 0 Å². The normalized spacial score (nSPS) is 14.0. The van der Waals surface area contributed by atoms with Crippen LogP contribution in [0.25, 0.3) is 10.9 Å². The average Bonchev–Trinajstić information content (AvgIpc) is 3.50. The zero-order valence-electron chi connectivity index (χ0n) is 24.1. The molecule has 8 nitrogen and oxygen atoms in total. The molecule has 1 unspecified atom stereocenters. The predicted octanol–water partition coefficient (Wildman–Crippen LogP) is 6.95. The quantitative estimate of drug-likeness (QED) is 0.146. The molecule has 0 saturated carbocycles. The number of hydrogen-bond donors (Lipinski definition) is 2. The molecule has 0 aliphatic carbocycles. The number of H-pyrrole nitrogens is 1. The molecule has 1 atom stereocenters. The number of carboxylic acids is 1. The molecular weight excluding hydrogens is 580 g/mol. The number of hydrogen-bond acceptors (Lipinski definition) is 5. The average molecular weight is 607 g/mol. The fourth-order valence-electron chi connectivity index (χ4n) is 6.30. The SMILES string of the molecule is CCC(C(=O)O)(c1ccc(N2C(=O)c3ccccc3C2=O)cc1)c1c(C)[nH]c2ccc(OC)c(C(=O)c3ccc(Cl)cc3)c12. The van der Waals surface area contributed by atoms with Crippen molar-refractivity contribution in [1.82, 2.24) is 4.98 Å². The van der Waals surface area contributed by atoms with E-state index in [4.69, 9.17) is 16.3 Å². The minimum absolute atomic E-state index is 0.133. The highest BCUT2D eigenvalue weighted by Gasteiger charge is 2.45. The Labute approximate surface area is 257 Å². The van der Waals surface area contributed by atoms with Crippen molar-refractivity contribution < 1.29 is 29.0 Å². The number of aromatic nitrogens is 1. The van der Waals surface area contributed by atoms with Gasteiger partial charge in [-0.2, -0.15) is 0 Å². The zero-order valence-corrected chi connectivity index (χ0v) is 24.9. The summed E-state index contributed by atoms with van der Waals surface area (Å²) in [5.74, 6) is -2.05. The Morgan fingerprint density at radius 3 is 2.07 bits per heavy atom. The number of nitrogens with one attached hydrogen (secondary N) is 1. The number of rotatable bonds is 8. The standard InChI is InChI=1S/C35H27ClN2O6/c1-4-35(34(42)43,21-11-15-23(16-12-21)38-32(40)24-7-5-6-8-25(24)33(38)41)30-19(2)37-26-17-18-27(44-3)29(28(26)30)31(39)20-9-13-22(36)14-10-20/h5-18,37H,4H2,1-3H3,(H,42,43). The molecule has 6 rings (SSSR count). The minimum Gasteiger partial charge on any atom is -0.496 e. The highest BCUT2D eigenvalue weighted by molar-refractivity contribution is 6.34. The van der Waals surface area contributed by atoms with Crippen LogP contribution < -0.4 is 9.64 Å². The van der Waals surface area contributed by atoms with Gasteiger partial charge in [-0.15, -0.1) is 0 Å². The summed E-state index contributed by atoms with van der Waals surface area (Å²) in [6, 6.07) is 22.9. The van der Waals surface area contributed by atoms with Crippen LogP contribution in [0.5, 0.6) is 5.75 Å². The number of nitrogens with zero attached hydrogens (tertiary/aromatic N) is 1. The van der Waals surface area contributed by atoms with Gasteiger partial charge in [0.05, 0.1) is 29.5 Å². The van der Waals surface area contributed by atoms with Crippen molar-refractivity contribution in [2.75, 3.05) is 12.0 Å². The number of ketones is 1. The van der Waals surface area contributed by atoms with Crippen LogP contribution in [0.1, 0.15) is 66.8 Å². The molecule has 44 heavy (non-hydrogen) atoms. The van der Waals surface area contributed by atoms with E-state index in [1.165, 1.54) is 7.11 Å². The molecule has 4 aromatic carbocycles. The van der Waals surface area contributed by atoms with Crippen LogP contribution in [0.4, 0.5) is 5.69 Å². The zero-order chi connectivity index (χ0) is 31.3. The van der Waals surface area contributed by atoms with Crippen molar-refractivity contribution >= 4 is 51.8 Å². The Balaban J connectivity index is 1.54. The molecular formula is C35H27ClN2O6. The van der Waals surface area contributed by atoms with E-state index in [0.29, 0.717) is 60.9 Å². The number of methoxy groups -OCH3 is 1. The summed E-state index contributed by atoms with van der Waals surface area (Å²) in [4.78, 5) is 58.0. The summed E-state index contributed by atoms with van der Waals surface area (Å²) in [5.41, 5.74) is 1.95. The summed E-state index contributed by atoms with van der Waals surface area (Å²) in [6.45, 7) is 3.55. The summed E-state index contributed by atoms with van der Waals surface area (Å²) in [6.07, 6.45) is 0.133. The number of carbonyl (C=O) groups is 4. The third kappa shape index (κ3) is 4.21. The number of carboxylic acid groups (broad SMARTS) is 1. The van der Waals surface area contributed by atoms with Crippen molar-refractivity contribution in [2.24, 2.45) is 0 Å². The van der Waals surface area contributed by atoms with E-state index in [1.54, 1.807) is 98.8 Å². The fraction of sp³-hybridized carbons (Fsp3) is 0.143. The number of aromatic amines is 1. The van der Waals surface area contributed by atoms with Crippen molar-refractivity contribution in [3.8, 4) is 5.75 Å². The summed E-state index contributed by atoms with van der Waals surface area (Å²) in [7, 11) is 1.46.